The fraction of sp³-hybridized carbons (Fsp3) is 0.406. The topological polar surface area (TPSA) is 97.8 Å². The Morgan fingerprint density at radius 1 is 0.929 bits per heavy atom. The van der Waals surface area contributed by atoms with Gasteiger partial charge in [-0.15, -0.1) is 0 Å². The van der Waals surface area contributed by atoms with Crippen molar-refractivity contribution in [2.24, 2.45) is 0 Å². The molecule has 0 radical (unpaired) electrons. The van der Waals surface area contributed by atoms with Crippen LogP contribution in [0.1, 0.15) is 58.5 Å². The van der Waals surface area contributed by atoms with E-state index in [1.165, 1.54) is 30.6 Å². The van der Waals surface area contributed by atoms with E-state index in [4.69, 9.17) is 0 Å². The largest absolute Gasteiger partial charge is 0.390 e. The summed E-state index contributed by atoms with van der Waals surface area (Å²) in [6.07, 6.45) is 3.25. The Balaban J connectivity index is 1.76. The van der Waals surface area contributed by atoms with E-state index < -0.39 is 29.7 Å². The summed E-state index contributed by atoms with van der Waals surface area (Å²) in [6.45, 7) is 5.73. The van der Waals surface area contributed by atoms with Crippen molar-refractivity contribution < 1.29 is 23.5 Å². The second-order valence-corrected chi connectivity index (χ2v) is 10.6. The maximum Gasteiger partial charge on any atom is 0.255 e. The van der Waals surface area contributed by atoms with E-state index in [2.05, 4.69) is 15.6 Å². The molecule has 3 aromatic rings. The van der Waals surface area contributed by atoms with Crippen molar-refractivity contribution in [3.63, 3.8) is 0 Å². The quantitative estimate of drug-likeness (QED) is 0.249. The summed E-state index contributed by atoms with van der Waals surface area (Å²) in [4.78, 5) is 34.2. The van der Waals surface area contributed by atoms with Crippen LogP contribution in [0.4, 0.5) is 14.5 Å². The molecule has 10 heteroatoms. The van der Waals surface area contributed by atoms with Gasteiger partial charge < -0.3 is 25.5 Å². The molecule has 226 valence electrons. The fourth-order valence-electron chi connectivity index (χ4n) is 4.69. The molecule has 1 heterocycles. The molecule has 42 heavy (non-hydrogen) atoms. The third kappa shape index (κ3) is 9.60. The van der Waals surface area contributed by atoms with Gasteiger partial charge in [0.1, 0.15) is 11.6 Å². The third-order valence-electron chi connectivity index (χ3n) is 6.79. The van der Waals surface area contributed by atoms with E-state index in [1.807, 2.05) is 57.1 Å². The molecule has 2 amide bonds. The van der Waals surface area contributed by atoms with Gasteiger partial charge in [-0.2, -0.15) is 0 Å². The highest BCUT2D eigenvalue weighted by molar-refractivity contribution is 5.99. The number of carbonyl (C=O) groups is 2. The summed E-state index contributed by atoms with van der Waals surface area (Å²) in [7, 11) is 3.90. The molecule has 2 aromatic carbocycles. The van der Waals surface area contributed by atoms with Crippen LogP contribution in [0.2, 0.25) is 0 Å². The second kappa shape index (κ2) is 15.9. The maximum absolute atomic E-state index is 13.9. The van der Waals surface area contributed by atoms with Crippen LogP contribution < -0.4 is 15.5 Å². The highest BCUT2D eigenvalue weighted by Crippen LogP contribution is 2.15. The van der Waals surface area contributed by atoms with Crippen LogP contribution in [-0.2, 0) is 13.0 Å². The van der Waals surface area contributed by atoms with Crippen LogP contribution in [0, 0.1) is 11.6 Å². The molecule has 0 aliphatic carbocycles. The summed E-state index contributed by atoms with van der Waals surface area (Å²) < 4.78 is 27.9. The first kappa shape index (κ1) is 32.6. The molecule has 0 aliphatic rings. The van der Waals surface area contributed by atoms with E-state index in [-0.39, 0.29) is 35.6 Å². The van der Waals surface area contributed by atoms with Crippen LogP contribution in [0.15, 0.2) is 60.9 Å². The zero-order chi connectivity index (χ0) is 30.6. The van der Waals surface area contributed by atoms with Gasteiger partial charge in [0.05, 0.1) is 23.3 Å². The highest BCUT2D eigenvalue weighted by Gasteiger charge is 2.24. The van der Waals surface area contributed by atoms with E-state index in [0.29, 0.717) is 19.6 Å². The molecule has 0 aliphatic heterocycles. The predicted molar refractivity (Wildman–Crippen MR) is 161 cm³/mol. The van der Waals surface area contributed by atoms with Crippen LogP contribution in [0.25, 0.3) is 0 Å². The molecule has 0 saturated heterocycles. The van der Waals surface area contributed by atoms with Crippen LogP contribution in [-0.4, -0.2) is 72.7 Å². The fourth-order valence-corrected chi connectivity index (χ4v) is 4.69. The minimum atomic E-state index is -1.10. The van der Waals surface area contributed by atoms with Crippen molar-refractivity contribution >= 4 is 17.5 Å². The lowest BCUT2D eigenvalue weighted by molar-refractivity contribution is 0.0755. The van der Waals surface area contributed by atoms with Crippen LogP contribution >= 0.6 is 0 Å². The number of amides is 2. The number of aromatic nitrogens is 1. The lowest BCUT2D eigenvalue weighted by atomic mass is 10.00. The number of nitrogens with one attached hydrogen (secondary N) is 2. The van der Waals surface area contributed by atoms with E-state index >= 15 is 0 Å². The number of nitrogens with zero attached hydrogens (tertiary/aromatic N) is 3. The number of aliphatic hydroxyl groups excluding tert-OH is 1. The van der Waals surface area contributed by atoms with Gasteiger partial charge in [0.15, 0.2) is 0 Å². The molecule has 3 rings (SSSR count). The molecular formula is C32H41F2N5O3. The summed E-state index contributed by atoms with van der Waals surface area (Å²) in [5, 5.41) is 17.1. The van der Waals surface area contributed by atoms with Crippen LogP contribution in [0.5, 0.6) is 0 Å². The first-order chi connectivity index (χ1) is 20.1. The Labute approximate surface area is 246 Å². The number of rotatable bonds is 15. The SMILES string of the molecule is CCCN(CCC)C(=O)c1cncc(C(=O)NC(Cc2cc(F)cc(F)c2)C(O)CNCc2cccc(N(C)C)c2)c1. The number of hydrogen-bond acceptors (Lipinski definition) is 6. The molecule has 0 saturated carbocycles. The van der Waals surface area contributed by atoms with Crippen molar-refractivity contribution in [1.29, 1.82) is 0 Å². The summed E-state index contributed by atoms with van der Waals surface area (Å²) in [6, 6.07) is 11.6. The molecule has 2 unspecified atom stereocenters. The zero-order valence-electron chi connectivity index (χ0n) is 24.7. The minimum Gasteiger partial charge on any atom is -0.390 e. The second-order valence-electron chi connectivity index (χ2n) is 10.6. The van der Waals surface area contributed by atoms with Crippen molar-refractivity contribution in [2.45, 2.75) is 51.8 Å². The van der Waals surface area contributed by atoms with Crippen molar-refractivity contribution in [1.82, 2.24) is 20.5 Å². The number of aliphatic hydroxyl groups is 1. The number of halogens is 2. The van der Waals surface area contributed by atoms with Gasteiger partial charge in [0.2, 0.25) is 0 Å². The lowest BCUT2D eigenvalue weighted by Gasteiger charge is -2.25. The van der Waals surface area contributed by atoms with Gasteiger partial charge in [0, 0.05) is 64.4 Å². The number of pyridine rings is 1. The number of benzene rings is 2. The van der Waals surface area contributed by atoms with Gasteiger partial charge in [-0.3, -0.25) is 14.6 Å². The van der Waals surface area contributed by atoms with Crippen molar-refractivity contribution in [2.75, 3.05) is 38.6 Å². The van der Waals surface area contributed by atoms with Gasteiger partial charge in [0.25, 0.3) is 11.8 Å². The standard InChI is InChI=1S/C32H41F2N5O3/c1-5-10-39(11-6-2)32(42)25-16-24(19-36-20-25)31(41)37-29(15-23-12-26(33)17-27(34)13-23)30(40)21-35-18-22-8-7-9-28(14-22)38(3)4/h7-9,12-14,16-17,19-20,29-30,35,40H,5-6,10-11,15,18,21H2,1-4H3,(H,37,41). The first-order valence-corrected chi connectivity index (χ1v) is 14.3. The average Bonchev–Trinajstić information content (AvgIpc) is 2.96. The lowest BCUT2D eigenvalue weighted by Crippen LogP contribution is -2.48. The Morgan fingerprint density at radius 2 is 1.60 bits per heavy atom. The van der Waals surface area contributed by atoms with Gasteiger partial charge in [-0.05, 0) is 60.7 Å². The third-order valence-corrected chi connectivity index (χ3v) is 6.79. The number of hydrogen-bond donors (Lipinski definition) is 3. The minimum absolute atomic E-state index is 0.0216. The molecule has 8 nitrogen and oxygen atoms in total. The van der Waals surface area contributed by atoms with Gasteiger partial charge in [-0.25, -0.2) is 8.78 Å². The molecule has 2 atom stereocenters. The number of carbonyl (C=O) groups excluding carboxylic acids is 2. The average molecular weight is 582 g/mol. The van der Waals surface area contributed by atoms with E-state index in [9.17, 15) is 23.5 Å². The van der Waals surface area contributed by atoms with E-state index in [0.717, 1.165) is 30.2 Å². The molecular weight excluding hydrogens is 540 g/mol. The normalized spacial score (nSPS) is 12.5. The Bertz CT molecular complexity index is 1310. The van der Waals surface area contributed by atoms with Gasteiger partial charge in [-0.1, -0.05) is 26.0 Å². The van der Waals surface area contributed by atoms with Crippen molar-refractivity contribution in [3.05, 3.63) is 94.8 Å². The summed E-state index contributed by atoms with van der Waals surface area (Å²) in [5.41, 5.74) is 2.76. The molecule has 3 N–H and O–H groups in total. The van der Waals surface area contributed by atoms with Gasteiger partial charge >= 0.3 is 0 Å². The Hall–Kier alpha value is -3.89. The monoisotopic (exact) mass is 581 g/mol. The predicted octanol–water partition coefficient (Wildman–Crippen LogP) is 4.18. The molecule has 0 bridgehead atoms. The number of anilines is 1. The summed E-state index contributed by atoms with van der Waals surface area (Å²) in [5.74, 6) is -2.27. The molecule has 1 aromatic heterocycles. The van der Waals surface area contributed by atoms with Crippen molar-refractivity contribution in [3.8, 4) is 0 Å². The zero-order valence-corrected chi connectivity index (χ0v) is 24.7. The molecule has 0 spiro atoms. The highest BCUT2D eigenvalue weighted by atomic mass is 19.1. The Kier molecular flexibility index (Phi) is 12.4. The smallest absolute Gasteiger partial charge is 0.255 e. The first-order valence-electron chi connectivity index (χ1n) is 14.3. The Morgan fingerprint density at radius 3 is 2.24 bits per heavy atom. The van der Waals surface area contributed by atoms with Crippen LogP contribution in [0.3, 0.4) is 0 Å². The van der Waals surface area contributed by atoms with E-state index in [1.54, 1.807) is 4.90 Å². The summed E-state index contributed by atoms with van der Waals surface area (Å²) >= 11 is 0. The molecule has 0 fully saturated rings. The maximum atomic E-state index is 13.9.